The topological polar surface area (TPSA) is 81.2 Å². The lowest BCUT2D eigenvalue weighted by Crippen LogP contribution is -2.21. The van der Waals surface area contributed by atoms with Crippen LogP contribution in [0.4, 0.5) is 4.39 Å². The Labute approximate surface area is 153 Å². The molecule has 6 nitrogen and oxygen atoms in total. The maximum absolute atomic E-state index is 13.6. The molecule has 136 valence electrons. The van der Waals surface area contributed by atoms with E-state index in [1.807, 2.05) is 31.2 Å². The fourth-order valence-electron chi connectivity index (χ4n) is 3.17. The van der Waals surface area contributed by atoms with Crippen LogP contribution in [0.1, 0.15) is 12.5 Å². The number of halogens is 1. The molecule has 0 saturated heterocycles. The largest absolute Gasteiger partial charge is 0.506 e. The second kappa shape index (κ2) is 6.35. The standard InChI is InChI=1S/C20H16FN3O3/c1-3-24-15-10-12(21)8-9-14(15)17(25)16(20(24)26)19-22-18(23-27-19)13-7-5-4-6-11(13)2/h4-10,25H,3H2,1-2H3. The number of hydrogen-bond acceptors (Lipinski definition) is 5. The highest BCUT2D eigenvalue weighted by atomic mass is 19.1. The van der Waals surface area contributed by atoms with E-state index in [1.54, 1.807) is 6.92 Å². The highest BCUT2D eigenvalue weighted by Gasteiger charge is 2.23. The third-order valence-electron chi connectivity index (χ3n) is 4.54. The molecule has 0 aliphatic heterocycles. The van der Waals surface area contributed by atoms with Gasteiger partial charge >= 0.3 is 0 Å². The summed E-state index contributed by atoms with van der Waals surface area (Å²) in [7, 11) is 0. The van der Waals surface area contributed by atoms with E-state index in [0.717, 1.165) is 11.1 Å². The first kappa shape index (κ1) is 17.0. The van der Waals surface area contributed by atoms with Gasteiger partial charge in [-0.3, -0.25) is 4.79 Å². The van der Waals surface area contributed by atoms with Gasteiger partial charge in [0.1, 0.15) is 17.1 Å². The number of benzene rings is 2. The van der Waals surface area contributed by atoms with Crippen LogP contribution >= 0.6 is 0 Å². The summed E-state index contributed by atoms with van der Waals surface area (Å²) < 4.78 is 20.3. The number of rotatable bonds is 3. The van der Waals surface area contributed by atoms with Crippen molar-refractivity contribution in [1.82, 2.24) is 14.7 Å². The molecule has 4 rings (SSSR count). The molecular formula is C20H16FN3O3. The fourth-order valence-corrected chi connectivity index (χ4v) is 3.17. The van der Waals surface area contributed by atoms with Gasteiger partial charge in [0.05, 0.1) is 5.52 Å². The summed E-state index contributed by atoms with van der Waals surface area (Å²) in [6, 6.07) is 11.4. The minimum atomic E-state index is -0.520. The maximum Gasteiger partial charge on any atom is 0.267 e. The quantitative estimate of drug-likeness (QED) is 0.596. The van der Waals surface area contributed by atoms with Crippen LogP contribution in [-0.4, -0.2) is 19.8 Å². The summed E-state index contributed by atoms with van der Waals surface area (Å²) in [5.74, 6) is -0.552. The summed E-state index contributed by atoms with van der Waals surface area (Å²) >= 11 is 0. The van der Waals surface area contributed by atoms with Crippen molar-refractivity contribution in [3.05, 3.63) is 64.2 Å². The normalized spacial score (nSPS) is 11.2. The molecule has 0 aliphatic carbocycles. The Morgan fingerprint density at radius 2 is 2.00 bits per heavy atom. The van der Waals surface area contributed by atoms with Gasteiger partial charge in [-0.2, -0.15) is 4.98 Å². The Bertz CT molecular complexity index is 1230. The van der Waals surface area contributed by atoms with Gasteiger partial charge in [0.2, 0.25) is 5.82 Å². The smallest absolute Gasteiger partial charge is 0.267 e. The van der Waals surface area contributed by atoms with Crippen molar-refractivity contribution in [1.29, 1.82) is 0 Å². The molecule has 1 N–H and O–H groups in total. The Morgan fingerprint density at radius 3 is 2.74 bits per heavy atom. The van der Waals surface area contributed by atoms with Crippen LogP contribution in [0.25, 0.3) is 33.7 Å². The first-order chi connectivity index (χ1) is 13.0. The minimum absolute atomic E-state index is 0.0795. The number of fused-ring (bicyclic) bond motifs is 1. The van der Waals surface area contributed by atoms with E-state index >= 15 is 0 Å². The lowest BCUT2D eigenvalue weighted by atomic mass is 10.1. The van der Waals surface area contributed by atoms with Gasteiger partial charge < -0.3 is 14.2 Å². The number of pyridine rings is 1. The zero-order valence-electron chi connectivity index (χ0n) is 14.7. The van der Waals surface area contributed by atoms with Crippen molar-refractivity contribution in [2.45, 2.75) is 20.4 Å². The second-order valence-corrected chi connectivity index (χ2v) is 6.17. The van der Waals surface area contributed by atoms with Gasteiger partial charge in [-0.15, -0.1) is 0 Å². The first-order valence-electron chi connectivity index (χ1n) is 8.46. The lowest BCUT2D eigenvalue weighted by Gasteiger charge is -2.11. The monoisotopic (exact) mass is 365 g/mol. The van der Waals surface area contributed by atoms with Crippen molar-refractivity contribution in [3.8, 4) is 28.6 Å². The van der Waals surface area contributed by atoms with Gasteiger partial charge in [-0.25, -0.2) is 4.39 Å². The summed E-state index contributed by atoms with van der Waals surface area (Å²) in [6.45, 7) is 3.97. The Kier molecular flexibility index (Phi) is 3.99. The van der Waals surface area contributed by atoms with E-state index in [0.29, 0.717) is 23.3 Å². The van der Waals surface area contributed by atoms with Crippen molar-refractivity contribution >= 4 is 10.9 Å². The number of nitrogens with zero attached hydrogens (tertiary/aromatic N) is 3. The van der Waals surface area contributed by atoms with Crippen molar-refractivity contribution in [3.63, 3.8) is 0 Å². The summed E-state index contributed by atoms with van der Waals surface area (Å²) in [6.07, 6.45) is 0. The molecule has 0 unspecified atom stereocenters. The zero-order chi connectivity index (χ0) is 19.1. The molecule has 0 saturated carbocycles. The third-order valence-corrected chi connectivity index (χ3v) is 4.54. The summed E-state index contributed by atoms with van der Waals surface area (Å²) in [5, 5.41) is 15.0. The minimum Gasteiger partial charge on any atom is -0.506 e. The molecule has 27 heavy (non-hydrogen) atoms. The lowest BCUT2D eigenvalue weighted by molar-refractivity contribution is 0.425. The average Bonchev–Trinajstić information content (AvgIpc) is 3.12. The third kappa shape index (κ3) is 2.68. The van der Waals surface area contributed by atoms with Crippen molar-refractivity contribution in [2.75, 3.05) is 0 Å². The zero-order valence-corrected chi connectivity index (χ0v) is 14.7. The molecule has 2 heterocycles. The van der Waals surface area contributed by atoms with E-state index in [4.69, 9.17) is 4.52 Å². The molecule has 4 aromatic rings. The molecule has 0 atom stereocenters. The number of aromatic nitrogens is 3. The van der Waals surface area contributed by atoms with E-state index in [-0.39, 0.29) is 17.2 Å². The Morgan fingerprint density at radius 1 is 1.22 bits per heavy atom. The predicted molar refractivity (Wildman–Crippen MR) is 99.0 cm³/mol. The first-order valence-corrected chi connectivity index (χ1v) is 8.46. The fraction of sp³-hybridized carbons (Fsp3) is 0.150. The number of aromatic hydroxyl groups is 1. The average molecular weight is 365 g/mol. The summed E-state index contributed by atoms with van der Waals surface area (Å²) in [5.41, 5.74) is 1.42. The van der Waals surface area contributed by atoms with E-state index in [1.165, 1.54) is 22.8 Å². The second-order valence-electron chi connectivity index (χ2n) is 6.17. The molecule has 2 aromatic heterocycles. The van der Waals surface area contributed by atoms with Gasteiger partial charge in [0.25, 0.3) is 11.4 Å². The molecule has 2 aromatic carbocycles. The van der Waals surface area contributed by atoms with Crippen LogP contribution in [0.5, 0.6) is 5.75 Å². The van der Waals surface area contributed by atoms with Gasteiger partial charge in [0, 0.05) is 17.5 Å². The summed E-state index contributed by atoms with van der Waals surface area (Å²) in [4.78, 5) is 17.2. The van der Waals surface area contributed by atoms with Gasteiger partial charge in [0.15, 0.2) is 0 Å². The van der Waals surface area contributed by atoms with Gasteiger partial charge in [-0.05, 0) is 37.6 Å². The molecule has 0 fully saturated rings. The van der Waals surface area contributed by atoms with Crippen molar-refractivity contribution < 1.29 is 14.0 Å². The van der Waals surface area contributed by atoms with Crippen molar-refractivity contribution in [2.24, 2.45) is 0 Å². The molecular weight excluding hydrogens is 349 g/mol. The van der Waals surface area contributed by atoms with E-state index < -0.39 is 11.4 Å². The van der Waals surface area contributed by atoms with Crippen LogP contribution in [0.2, 0.25) is 0 Å². The SMILES string of the molecule is CCn1c(=O)c(-c2nc(-c3ccccc3C)no2)c(O)c2ccc(F)cc21. The van der Waals surface area contributed by atoms with E-state index in [2.05, 4.69) is 10.1 Å². The van der Waals surface area contributed by atoms with Crippen LogP contribution in [-0.2, 0) is 6.54 Å². The van der Waals surface area contributed by atoms with Gasteiger partial charge in [-0.1, -0.05) is 29.4 Å². The van der Waals surface area contributed by atoms with Crippen LogP contribution in [0, 0.1) is 12.7 Å². The molecule has 0 spiro atoms. The Hall–Kier alpha value is -3.48. The van der Waals surface area contributed by atoms with Crippen LogP contribution < -0.4 is 5.56 Å². The number of aryl methyl sites for hydroxylation is 2. The number of hydrogen-bond donors (Lipinski definition) is 1. The molecule has 0 bridgehead atoms. The maximum atomic E-state index is 13.6. The highest BCUT2D eigenvalue weighted by molar-refractivity contribution is 5.91. The molecule has 7 heteroatoms. The molecule has 0 amide bonds. The Balaban J connectivity index is 1.97. The molecule has 0 radical (unpaired) electrons. The molecule has 0 aliphatic rings. The van der Waals surface area contributed by atoms with E-state index in [9.17, 15) is 14.3 Å². The highest BCUT2D eigenvalue weighted by Crippen LogP contribution is 2.33. The van der Waals surface area contributed by atoms with Crippen LogP contribution in [0.15, 0.2) is 51.8 Å². The van der Waals surface area contributed by atoms with Crippen LogP contribution in [0.3, 0.4) is 0 Å². The predicted octanol–water partition coefficient (Wildman–Crippen LogP) is 3.89.